The van der Waals surface area contributed by atoms with Gasteiger partial charge < -0.3 is 10.6 Å². The molecular formula is C27H26N6OS. The summed E-state index contributed by atoms with van der Waals surface area (Å²) in [5.41, 5.74) is 12.7. The molecule has 0 radical (unpaired) electrons. The molecule has 35 heavy (non-hydrogen) atoms. The lowest BCUT2D eigenvalue weighted by molar-refractivity contribution is -0.129. The fraction of sp³-hybridized carbons (Fsp3) is 0.259. The number of nitrogen functional groups attached to an aromatic ring is 1. The largest absolute Gasteiger partial charge is 0.382 e. The van der Waals surface area contributed by atoms with Crippen molar-refractivity contribution in [3.05, 3.63) is 77.2 Å². The van der Waals surface area contributed by atoms with Crippen molar-refractivity contribution in [2.45, 2.75) is 32.1 Å². The van der Waals surface area contributed by atoms with Gasteiger partial charge in [-0.3, -0.25) is 4.79 Å². The lowest BCUT2D eigenvalue weighted by Crippen LogP contribution is -2.36. The second-order valence-electron chi connectivity index (χ2n) is 9.12. The standard InChI is InChI=1S/C27H26N6OS/c1-17(34)32-11-9-19(10-12-32)23-15-21(26-27(28)29-16-30-33(23)26)20-7-8-22-24(14-20)35-25(31-22)13-18-5-3-2-4-6-18/h2-8,14-16,19H,9-13H2,1H3,(H2,28,29,30). The molecule has 0 spiro atoms. The van der Waals surface area contributed by atoms with E-state index in [2.05, 4.69) is 58.6 Å². The maximum Gasteiger partial charge on any atom is 0.219 e. The predicted octanol–water partition coefficient (Wildman–Crippen LogP) is 4.90. The number of aromatic nitrogens is 4. The van der Waals surface area contributed by atoms with Crippen LogP contribution < -0.4 is 5.73 Å². The van der Waals surface area contributed by atoms with E-state index in [1.807, 2.05) is 15.5 Å². The van der Waals surface area contributed by atoms with E-state index in [1.165, 1.54) is 11.9 Å². The Kier molecular flexibility index (Phi) is 5.45. The zero-order valence-electron chi connectivity index (χ0n) is 19.5. The Morgan fingerprint density at radius 2 is 1.91 bits per heavy atom. The van der Waals surface area contributed by atoms with Gasteiger partial charge in [0, 0.05) is 43.6 Å². The summed E-state index contributed by atoms with van der Waals surface area (Å²) in [7, 11) is 0. The number of nitrogens with zero attached hydrogens (tertiary/aromatic N) is 5. The molecule has 1 saturated heterocycles. The minimum atomic E-state index is 0.139. The molecule has 2 aromatic carbocycles. The molecule has 6 rings (SSSR count). The average molecular weight is 483 g/mol. The highest BCUT2D eigenvalue weighted by Gasteiger charge is 2.26. The number of hydrogen-bond acceptors (Lipinski definition) is 6. The highest BCUT2D eigenvalue weighted by Crippen LogP contribution is 2.38. The van der Waals surface area contributed by atoms with Crippen LogP contribution in [0.5, 0.6) is 0 Å². The molecule has 1 aliphatic heterocycles. The van der Waals surface area contributed by atoms with Crippen LogP contribution in [0.4, 0.5) is 5.82 Å². The van der Waals surface area contributed by atoms with Crippen LogP contribution in [0.3, 0.4) is 0 Å². The first kappa shape index (κ1) is 21.7. The second-order valence-corrected chi connectivity index (χ2v) is 10.2. The molecular weight excluding hydrogens is 456 g/mol. The molecule has 1 fully saturated rings. The van der Waals surface area contributed by atoms with E-state index in [-0.39, 0.29) is 5.91 Å². The van der Waals surface area contributed by atoms with Crippen molar-refractivity contribution in [3.63, 3.8) is 0 Å². The van der Waals surface area contributed by atoms with Crippen LogP contribution in [-0.4, -0.2) is 43.5 Å². The normalized spacial score (nSPS) is 14.7. The first-order valence-electron chi connectivity index (χ1n) is 11.9. The van der Waals surface area contributed by atoms with Crippen LogP contribution in [0.25, 0.3) is 26.9 Å². The third-order valence-corrected chi connectivity index (χ3v) is 7.93. The lowest BCUT2D eigenvalue weighted by Gasteiger charge is -2.31. The van der Waals surface area contributed by atoms with Gasteiger partial charge in [-0.1, -0.05) is 36.4 Å². The Hall–Kier alpha value is -3.78. The van der Waals surface area contributed by atoms with E-state index in [4.69, 9.17) is 10.7 Å². The number of rotatable bonds is 4. The van der Waals surface area contributed by atoms with E-state index >= 15 is 0 Å². The van der Waals surface area contributed by atoms with Gasteiger partial charge in [0.05, 0.1) is 15.2 Å². The quantitative estimate of drug-likeness (QED) is 0.393. The average Bonchev–Trinajstić information content (AvgIpc) is 3.46. The Morgan fingerprint density at radius 1 is 1.11 bits per heavy atom. The number of piperidine rings is 1. The summed E-state index contributed by atoms with van der Waals surface area (Å²) in [5.74, 6) is 0.919. The van der Waals surface area contributed by atoms with Crippen LogP contribution in [0.15, 0.2) is 60.9 Å². The number of carbonyl (C=O) groups excluding carboxylic acids is 1. The molecule has 0 aliphatic carbocycles. The van der Waals surface area contributed by atoms with Crippen molar-refractivity contribution in [3.8, 4) is 11.1 Å². The molecule has 176 valence electrons. The van der Waals surface area contributed by atoms with Crippen molar-refractivity contribution in [2.24, 2.45) is 0 Å². The molecule has 1 aliphatic rings. The van der Waals surface area contributed by atoms with Crippen molar-refractivity contribution in [1.82, 2.24) is 24.5 Å². The monoisotopic (exact) mass is 482 g/mol. The van der Waals surface area contributed by atoms with E-state index in [1.54, 1.807) is 18.3 Å². The Balaban J connectivity index is 1.38. The first-order valence-corrected chi connectivity index (χ1v) is 12.7. The maximum absolute atomic E-state index is 11.8. The number of likely N-dealkylation sites (tertiary alicyclic amines) is 1. The van der Waals surface area contributed by atoms with Crippen molar-refractivity contribution >= 4 is 38.8 Å². The van der Waals surface area contributed by atoms with Crippen LogP contribution in [-0.2, 0) is 11.2 Å². The van der Waals surface area contributed by atoms with Gasteiger partial charge >= 0.3 is 0 Å². The predicted molar refractivity (Wildman–Crippen MR) is 139 cm³/mol. The smallest absolute Gasteiger partial charge is 0.219 e. The number of amides is 1. The summed E-state index contributed by atoms with van der Waals surface area (Å²) in [4.78, 5) is 22.8. The number of carbonyl (C=O) groups is 1. The van der Waals surface area contributed by atoms with Gasteiger partial charge in [0.15, 0.2) is 5.82 Å². The number of anilines is 1. The summed E-state index contributed by atoms with van der Waals surface area (Å²) in [5, 5.41) is 5.67. The van der Waals surface area contributed by atoms with Gasteiger partial charge in [-0.05, 0) is 42.2 Å². The highest BCUT2D eigenvalue weighted by molar-refractivity contribution is 7.18. The molecule has 7 nitrogen and oxygen atoms in total. The van der Waals surface area contributed by atoms with Gasteiger partial charge in [-0.15, -0.1) is 11.3 Å². The van der Waals surface area contributed by atoms with Gasteiger partial charge in [-0.2, -0.15) is 5.10 Å². The molecule has 2 N–H and O–H groups in total. The summed E-state index contributed by atoms with van der Waals surface area (Å²) in [6, 6.07) is 19.0. The molecule has 0 saturated carbocycles. The van der Waals surface area contributed by atoms with Crippen LogP contribution in [0, 0.1) is 0 Å². The molecule has 5 aromatic rings. The van der Waals surface area contributed by atoms with E-state index in [0.29, 0.717) is 11.7 Å². The van der Waals surface area contributed by atoms with E-state index < -0.39 is 0 Å². The molecule has 0 atom stereocenters. The maximum atomic E-state index is 11.8. The number of thiazole rings is 1. The molecule has 3 aromatic heterocycles. The van der Waals surface area contributed by atoms with E-state index in [0.717, 1.165) is 69.9 Å². The summed E-state index contributed by atoms with van der Waals surface area (Å²) in [6.07, 6.45) is 4.16. The fourth-order valence-electron chi connectivity index (χ4n) is 5.08. The van der Waals surface area contributed by atoms with Crippen LogP contribution >= 0.6 is 11.3 Å². The van der Waals surface area contributed by atoms with E-state index in [9.17, 15) is 4.79 Å². The first-order chi connectivity index (χ1) is 17.1. The van der Waals surface area contributed by atoms with Crippen LogP contribution in [0.1, 0.15) is 41.9 Å². The Bertz CT molecular complexity index is 1530. The van der Waals surface area contributed by atoms with Gasteiger partial charge in [0.25, 0.3) is 0 Å². The topological polar surface area (TPSA) is 89.4 Å². The third-order valence-electron chi connectivity index (χ3n) is 6.91. The number of benzene rings is 2. The molecule has 8 heteroatoms. The summed E-state index contributed by atoms with van der Waals surface area (Å²) >= 11 is 1.73. The zero-order chi connectivity index (χ0) is 23.9. The lowest BCUT2D eigenvalue weighted by atomic mass is 9.93. The molecule has 0 bridgehead atoms. The summed E-state index contributed by atoms with van der Waals surface area (Å²) in [6.45, 7) is 3.17. The Labute approximate surface area is 207 Å². The van der Waals surface area contributed by atoms with Gasteiger partial charge in [0.2, 0.25) is 5.91 Å². The Morgan fingerprint density at radius 3 is 2.69 bits per heavy atom. The fourth-order valence-corrected chi connectivity index (χ4v) is 6.12. The zero-order valence-corrected chi connectivity index (χ0v) is 20.3. The summed E-state index contributed by atoms with van der Waals surface area (Å²) < 4.78 is 3.10. The van der Waals surface area contributed by atoms with Gasteiger partial charge in [-0.25, -0.2) is 14.5 Å². The van der Waals surface area contributed by atoms with Crippen LogP contribution in [0.2, 0.25) is 0 Å². The van der Waals surface area contributed by atoms with Crippen molar-refractivity contribution < 1.29 is 4.79 Å². The molecule has 4 heterocycles. The second kappa shape index (κ2) is 8.78. The number of nitrogens with two attached hydrogens (primary N) is 1. The number of hydrogen-bond donors (Lipinski definition) is 1. The molecule has 1 amide bonds. The SMILES string of the molecule is CC(=O)N1CCC(c2cc(-c3ccc4nc(Cc5ccccc5)sc4c3)c3c(N)ncnn23)CC1. The number of fused-ring (bicyclic) bond motifs is 2. The van der Waals surface area contributed by atoms with Crippen molar-refractivity contribution in [1.29, 1.82) is 0 Å². The molecule has 0 unspecified atom stereocenters. The van der Waals surface area contributed by atoms with Crippen molar-refractivity contribution in [2.75, 3.05) is 18.8 Å². The van der Waals surface area contributed by atoms with Gasteiger partial charge in [0.1, 0.15) is 11.8 Å². The minimum absolute atomic E-state index is 0.139. The third kappa shape index (κ3) is 4.04. The minimum Gasteiger partial charge on any atom is -0.382 e. The highest BCUT2D eigenvalue weighted by atomic mass is 32.1.